The lowest BCUT2D eigenvalue weighted by molar-refractivity contribution is 0.0987. The molecule has 1 N–H and O–H groups in total. The van der Waals surface area contributed by atoms with Crippen molar-refractivity contribution < 1.29 is 9.59 Å². The van der Waals surface area contributed by atoms with E-state index in [2.05, 4.69) is 11.4 Å². The lowest BCUT2D eigenvalue weighted by Gasteiger charge is -2.26. The first-order valence-corrected chi connectivity index (χ1v) is 10.6. The van der Waals surface area contributed by atoms with E-state index in [0.717, 1.165) is 15.6 Å². The number of nitrogens with zero attached hydrogens (tertiary/aromatic N) is 1. The van der Waals surface area contributed by atoms with Gasteiger partial charge in [0.2, 0.25) is 0 Å². The highest BCUT2D eigenvalue weighted by Crippen LogP contribution is 2.39. The number of halogens is 1. The molecule has 0 radical (unpaired) electrons. The zero-order chi connectivity index (χ0) is 18.8. The zero-order valence-electron chi connectivity index (χ0n) is 14.1. The predicted octanol–water partition coefficient (Wildman–Crippen LogP) is 5.41. The summed E-state index contributed by atoms with van der Waals surface area (Å²) < 4.78 is 0. The van der Waals surface area contributed by atoms with Gasteiger partial charge in [-0.15, -0.1) is 23.1 Å². The Kier molecular flexibility index (Phi) is 5.20. The molecule has 1 aromatic heterocycles. The quantitative estimate of drug-likeness (QED) is 0.623. The highest BCUT2D eigenvalue weighted by Gasteiger charge is 2.25. The van der Waals surface area contributed by atoms with Crippen LogP contribution in [-0.2, 0) is 0 Å². The Balaban J connectivity index is 1.49. The molecular formula is C20H15ClN2O2S2. The molecule has 0 unspecified atom stereocenters. The van der Waals surface area contributed by atoms with E-state index in [1.807, 2.05) is 10.3 Å². The maximum atomic E-state index is 12.9. The molecule has 0 saturated heterocycles. The van der Waals surface area contributed by atoms with Gasteiger partial charge in [0.05, 0.1) is 10.6 Å². The van der Waals surface area contributed by atoms with E-state index in [4.69, 9.17) is 11.6 Å². The van der Waals surface area contributed by atoms with Crippen molar-refractivity contribution in [3.8, 4) is 0 Å². The van der Waals surface area contributed by atoms with Gasteiger partial charge in [-0.25, -0.2) is 0 Å². The Morgan fingerprint density at radius 3 is 2.59 bits per heavy atom. The minimum absolute atomic E-state index is 0.0250. The molecule has 3 aromatic rings. The van der Waals surface area contributed by atoms with E-state index in [-0.39, 0.29) is 11.8 Å². The number of amides is 2. The standard InChI is InChI=1S/C20H15ClN2O2S2/c21-16-4-2-1-3-15(16)18(24)22-14-7-5-13(6-8-14)19(25)23-10-12-26-17-9-11-27-20(17)23/h1-9,11H,10,12H2,(H,22,24). The molecule has 7 heteroatoms. The SMILES string of the molecule is O=C(Nc1ccc(C(=O)N2CCSc3ccsc32)cc1)c1ccccc1Cl. The van der Waals surface area contributed by atoms with Crippen molar-refractivity contribution in [2.45, 2.75) is 4.90 Å². The average molecular weight is 415 g/mol. The third-order valence-corrected chi connectivity index (χ3v) is 6.60. The molecule has 1 aliphatic rings. The number of benzene rings is 2. The molecule has 0 saturated carbocycles. The van der Waals surface area contributed by atoms with Crippen LogP contribution in [0.5, 0.6) is 0 Å². The number of nitrogens with one attached hydrogen (secondary N) is 1. The van der Waals surface area contributed by atoms with E-state index in [1.54, 1.807) is 71.6 Å². The van der Waals surface area contributed by atoms with Crippen molar-refractivity contribution in [1.29, 1.82) is 0 Å². The van der Waals surface area contributed by atoms with Crippen LogP contribution in [0.3, 0.4) is 0 Å². The molecule has 2 heterocycles. The number of carbonyl (C=O) groups excluding carboxylic acids is 2. The molecule has 0 spiro atoms. The Morgan fingerprint density at radius 1 is 1.04 bits per heavy atom. The smallest absolute Gasteiger partial charge is 0.258 e. The molecule has 2 amide bonds. The second-order valence-electron chi connectivity index (χ2n) is 5.91. The Labute approximate surface area is 170 Å². The van der Waals surface area contributed by atoms with Crippen molar-refractivity contribution in [2.75, 3.05) is 22.5 Å². The summed E-state index contributed by atoms with van der Waals surface area (Å²) >= 11 is 9.42. The third kappa shape index (κ3) is 3.74. The fourth-order valence-corrected chi connectivity index (χ4v) is 5.17. The first-order chi connectivity index (χ1) is 13.1. The van der Waals surface area contributed by atoms with Crippen LogP contribution in [-0.4, -0.2) is 24.1 Å². The number of thiophene rings is 1. The van der Waals surface area contributed by atoms with Gasteiger partial charge in [0.15, 0.2) is 0 Å². The van der Waals surface area contributed by atoms with Crippen molar-refractivity contribution in [1.82, 2.24) is 0 Å². The maximum Gasteiger partial charge on any atom is 0.258 e. The fourth-order valence-electron chi connectivity index (χ4n) is 2.83. The average Bonchev–Trinajstić information content (AvgIpc) is 3.17. The van der Waals surface area contributed by atoms with Crippen molar-refractivity contribution in [3.63, 3.8) is 0 Å². The van der Waals surface area contributed by atoms with Gasteiger partial charge in [-0.2, -0.15) is 0 Å². The lowest BCUT2D eigenvalue weighted by atomic mass is 10.1. The van der Waals surface area contributed by atoms with Crippen LogP contribution in [0.1, 0.15) is 20.7 Å². The van der Waals surface area contributed by atoms with E-state index >= 15 is 0 Å². The summed E-state index contributed by atoms with van der Waals surface area (Å²) in [6.07, 6.45) is 0. The van der Waals surface area contributed by atoms with Crippen molar-refractivity contribution in [3.05, 3.63) is 76.1 Å². The second kappa shape index (κ2) is 7.76. The highest BCUT2D eigenvalue weighted by atomic mass is 35.5. The third-order valence-electron chi connectivity index (χ3n) is 4.18. The van der Waals surface area contributed by atoms with Gasteiger partial charge < -0.3 is 5.32 Å². The number of thioether (sulfide) groups is 1. The molecule has 4 nitrogen and oxygen atoms in total. The van der Waals surface area contributed by atoms with Crippen LogP contribution in [0, 0.1) is 0 Å². The van der Waals surface area contributed by atoms with Gasteiger partial charge in [0.25, 0.3) is 11.8 Å². The Morgan fingerprint density at radius 2 is 1.81 bits per heavy atom. The van der Waals surface area contributed by atoms with Gasteiger partial charge in [-0.3, -0.25) is 14.5 Å². The number of fused-ring (bicyclic) bond motifs is 1. The Bertz CT molecular complexity index is 1000. The fraction of sp³-hybridized carbons (Fsp3) is 0.100. The topological polar surface area (TPSA) is 49.4 Å². The first-order valence-electron chi connectivity index (χ1n) is 8.31. The summed E-state index contributed by atoms with van der Waals surface area (Å²) in [6.45, 7) is 0.696. The number of hydrogen-bond donors (Lipinski definition) is 1. The summed E-state index contributed by atoms with van der Waals surface area (Å²) in [5.41, 5.74) is 1.62. The van der Waals surface area contributed by atoms with Crippen LogP contribution in [0.25, 0.3) is 0 Å². The number of anilines is 2. The van der Waals surface area contributed by atoms with Crippen LogP contribution >= 0.6 is 34.7 Å². The minimum atomic E-state index is -0.282. The molecular weight excluding hydrogens is 400 g/mol. The van der Waals surface area contributed by atoms with Crippen LogP contribution in [0.2, 0.25) is 5.02 Å². The number of carbonyl (C=O) groups is 2. The normalized spacial score (nSPS) is 13.1. The van der Waals surface area contributed by atoms with Gasteiger partial charge in [-0.05, 0) is 47.8 Å². The number of hydrogen-bond acceptors (Lipinski definition) is 4. The predicted molar refractivity (Wildman–Crippen MR) is 113 cm³/mol. The minimum Gasteiger partial charge on any atom is -0.322 e. The zero-order valence-corrected chi connectivity index (χ0v) is 16.5. The highest BCUT2D eigenvalue weighted by molar-refractivity contribution is 7.99. The van der Waals surface area contributed by atoms with Gasteiger partial charge >= 0.3 is 0 Å². The molecule has 4 rings (SSSR count). The van der Waals surface area contributed by atoms with Crippen LogP contribution in [0.15, 0.2) is 64.9 Å². The summed E-state index contributed by atoms with van der Waals surface area (Å²) in [7, 11) is 0. The maximum absolute atomic E-state index is 12.9. The number of rotatable bonds is 3. The van der Waals surface area contributed by atoms with Gasteiger partial charge in [0.1, 0.15) is 5.00 Å². The monoisotopic (exact) mass is 414 g/mol. The summed E-state index contributed by atoms with van der Waals surface area (Å²) in [5.74, 6) is 0.584. The van der Waals surface area contributed by atoms with E-state index in [9.17, 15) is 9.59 Å². The van der Waals surface area contributed by atoms with E-state index in [0.29, 0.717) is 28.4 Å². The molecule has 0 atom stereocenters. The largest absolute Gasteiger partial charge is 0.322 e. The summed E-state index contributed by atoms with van der Waals surface area (Å²) in [6, 6.07) is 15.9. The van der Waals surface area contributed by atoms with E-state index < -0.39 is 0 Å². The molecule has 2 aromatic carbocycles. The van der Waals surface area contributed by atoms with Crippen molar-refractivity contribution in [2.24, 2.45) is 0 Å². The summed E-state index contributed by atoms with van der Waals surface area (Å²) in [4.78, 5) is 28.2. The van der Waals surface area contributed by atoms with Gasteiger partial charge in [-0.1, -0.05) is 23.7 Å². The second-order valence-corrected chi connectivity index (χ2v) is 8.35. The summed E-state index contributed by atoms with van der Waals surface area (Å²) in [5, 5.41) is 6.22. The first kappa shape index (κ1) is 18.1. The molecule has 136 valence electrons. The molecule has 0 aliphatic carbocycles. The van der Waals surface area contributed by atoms with Crippen molar-refractivity contribution >= 4 is 57.2 Å². The van der Waals surface area contributed by atoms with Gasteiger partial charge in [0, 0.05) is 28.4 Å². The molecule has 27 heavy (non-hydrogen) atoms. The lowest BCUT2D eigenvalue weighted by Crippen LogP contribution is -2.34. The molecule has 0 fully saturated rings. The van der Waals surface area contributed by atoms with Crippen LogP contribution < -0.4 is 10.2 Å². The van der Waals surface area contributed by atoms with E-state index in [1.165, 1.54) is 0 Å². The molecule has 0 bridgehead atoms. The molecule has 1 aliphatic heterocycles. The Hall–Kier alpha value is -2.28. The van der Waals surface area contributed by atoms with Crippen LogP contribution in [0.4, 0.5) is 10.7 Å².